The van der Waals surface area contributed by atoms with Crippen molar-refractivity contribution < 1.29 is 4.74 Å². The molecule has 0 atom stereocenters. The summed E-state index contributed by atoms with van der Waals surface area (Å²) in [5, 5.41) is 8.95. The van der Waals surface area contributed by atoms with Crippen LogP contribution in [0.25, 0.3) is 0 Å². The van der Waals surface area contributed by atoms with E-state index in [-0.39, 0.29) is 11.6 Å². The van der Waals surface area contributed by atoms with Gasteiger partial charge in [-0.2, -0.15) is 5.26 Å². The number of nitrogens with two attached hydrogens (primary N) is 1. The lowest BCUT2D eigenvalue weighted by molar-refractivity contribution is 0.458. The van der Waals surface area contributed by atoms with E-state index in [1.165, 1.54) is 6.20 Å². The Balaban J connectivity index is 2.49. The number of pyridine rings is 1. The van der Waals surface area contributed by atoms with Crippen LogP contribution in [-0.4, -0.2) is 4.98 Å². The number of ether oxygens (including phenoxy) is 1. The summed E-state index contributed by atoms with van der Waals surface area (Å²) in [6.45, 7) is 5.97. The number of benzene rings is 1. The number of aryl methyl sites for hydroxylation is 2. The topological polar surface area (TPSA) is 71.9 Å². The number of hydrogen-bond donors (Lipinski definition) is 1. The zero-order valence-electron chi connectivity index (χ0n) is 11.2. The first kappa shape index (κ1) is 12.9. The third kappa shape index (κ3) is 2.36. The maximum Gasteiger partial charge on any atom is 0.244 e. The molecule has 1 aromatic carbocycles. The highest BCUT2D eigenvalue weighted by atomic mass is 16.5. The zero-order chi connectivity index (χ0) is 14.0. The molecule has 0 amide bonds. The van der Waals surface area contributed by atoms with Gasteiger partial charge in [-0.3, -0.25) is 0 Å². The molecule has 0 fully saturated rings. The van der Waals surface area contributed by atoms with Crippen molar-refractivity contribution in [3.63, 3.8) is 0 Å². The van der Waals surface area contributed by atoms with Crippen molar-refractivity contribution in [2.24, 2.45) is 0 Å². The molecule has 0 aliphatic carbocycles. The molecule has 19 heavy (non-hydrogen) atoms. The van der Waals surface area contributed by atoms with Gasteiger partial charge in [0.25, 0.3) is 0 Å². The fraction of sp³-hybridized carbons (Fsp3) is 0.200. The number of nitrogen functional groups attached to an aromatic ring is 1. The Morgan fingerprint density at radius 2 is 1.84 bits per heavy atom. The number of nitrogens with zero attached hydrogens (tertiary/aromatic N) is 2. The number of nitriles is 1. The average molecular weight is 253 g/mol. The summed E-state index contributed by atoms with van der Waals surface area (Å²) in [5.74, 6) is 1.02. The van der Waals surface area contributed by atoms with Gasteiger partial charge in [-0.25, -0.2) is 4.98 Å². The van der Waals surface area contributed by atoms with Gasteiger partial charge < -0.3 is 10.5 Å². The molecule has 1 heterocycles. The predicted octanol–water partition coefficient (Wildman–Crippen LogP) is 3.25. The minimum atomic E-state index is 0.269. The Bertz CT molecular complexity index is 672. The van der Waals surface area contributed by atoms with Crippen molar-refractivity contribution in [2.75, 3.05) is 5.73 Å². The quantitative estimate of drug-likeness (QED) is 0.891. The van der Waals surface area contributed by atoms with Gasteiger partial charge in [0, 0.05) is 6.20 Å². The third-order valence-electron chi connectivity index (χ3n) is 3.15. The number of aromatic nitrogens is 1. The van der Waals surface area contributed by atoms with E-state index < -0.39 is 0 Å². The minimum absolute atomic E-state index is 0.269. The van der Waals surface area contributed by atoms with E-state index in [4.69, 9.17) is 15.7 Å². The van der Waals surface area contributed by atoms with E-state index in [0.717, 1.165) is 22.4 Å². The molecule has 0 unspecified atom stereocenters. The summed E-state index contributed by atoms with van der Waals surface area (Å²) in [4.78, 5) is 4.10. The maximum absolute atomic E-state index is 8.95. The molecule has 2 N–H and O–H groups in total. The molecule has 2 rings (SSSR count). The first-order valence-electron chi connectivity index (χ1n) is 5.94. The lowest BCUT2D eigenvalue weighted by atomic mass is 10.1. The van der Waals surface area contributed by atoms with Crippen LogP contribution in [0.1, 0.15) is 22.3 Å². The summed E-state index contributed by atoms with van der Waals surface area (Å²) in [6, 6.07) is 7.61. The standard InChI is InChI=1S/C15H15N3O/c1-9-4-5-10(2)14(11(9)3)19-15-13(17)12(8-16)6-7-18-15/h4-7H,17H2,1-3H3. The molecular formula is C15H15N3O. The van der Waals surface area contributed by atoms with Crippen LogP contribution in [0.5, 0.6) is 11.6 Å². The van der Waals surface area contributed by atoms with Crippen LogP contribution in [0.2, 0.25) is 0 Å². The molecule has 0 aliphatic rings. The summed E-state index contributed by atoms with van der Waals surface area (Å²) in [5.41, 5.74) is 9.69. The molecular weight excluding hydrogens is 238 g/mol. The summed E-state index contributed by atoms with van der Waals surface area (Å²) in [7, 11) is 0. The van der Waals surface area contributed by atoms with E-state index in [2.05, 4.69) is 4.98 Å². The second-order valence-electron chi connectivity index (χ2n) is 4.44. The van der Waals surface area contributed by atoms with Crippen LogP contribution < -0.4 is 10.5 Å². The molecule has 0 aliphatic heterocycles. The van der Waals surface area contributed by atoms with Gasteiger partial charge in [0.05, 0.1) is 5.56 Å². The normalized spacial score (nSPS) is 10.0. The fourth-order valence-corrected chi connectivity index (χ4v) is 1.81. The SMILES string of the molecule is Cc1ccc(C)c(Oc2nccc(C#N)c2N)c1C. The predicted molar refractivity (Wildman–Crippen MR) is 74.1 cm³/mol. The highest BCUT2D eigenvalue weighted by Crippen LogP contribution is 2.33. The van der Waals surface area contributed by atoms with E-state index >= 15 is 0 Å². The number of hydrogen-bond acceptors (Lipinski definition) is 4. The largest absolute Gasteiger partial charge is 0.436 e. The van der Waals surface area contributed by atoms with E-state index in [1.807, 2.05) is 39.0 Å². The van der Waals surface area contributed by atoms with Crippen molar-refractivity contribution >= 4 is 5.69 Å². The van der Waals surface area contributed by atoms with Gasteiger partial charge >= 0.3 is 0 Å². The number of rotatable bonds is 2. The van der Waals surface area contributed by atoms with Crippen molar-refractivity contribution in [3.8, 4) is 17.7 Å². The highest BCUT2D eigenvalue weighted by molar-refractivity contribution is 5.61. The minimum Gasteiger partial charge on any atom is -0.436 e. The molecule has 1 aromatic heterocycles. The Morgan fingerprint density at radius 3 is 2.53 bits per heavy atom. The van der Waals surface area contributed by atoms with Crippen molar-refractivity contribution in [1.29, 1.82) is 5.26 Å². The number of anilines is 1. The van der Waals surface area contributed by atoms with Crippen LogP contribution in [0.4, 0.5) is 5.69 Å². The molecule has 0 saturated heterocycles. The molecule has 0 spiro atoms. The molecule has 0 bridgehead atoms. The van der Waals surface area contributed by atoms with Crippen molar-refractivity contribution in [3.05, 3.63) is 46.6 Å². The molecule has 0 radical (unpaired) electrons. The maximum atomic E-state index is 8.95. The van der Waals surface area contributed by atoms with E-state index in [0.29, 0.717) is 5.56 Å². The van der Waals surface area contributed by atoms with Crippen LogP contribution in [-0.2, 0) is 0 Å². The fourth-order valence-electron chi connectivity index (χ4n) is 1.81. The van der Waals surface area contributed by atoms with Gasteiger partial charge in [-0.15, -0.1) is 0 Å². The second-order valence-corrected chi connectivity index (χ2v) is 4.44. The van der Waals surface area contributed by atoms with Crippen molar-refractivity contribution in [1.82, 2.24) is 4.98 Å². The molecule has 4 nitrogen and oxygen atoms in total. The average Bonchev–Trinajstić information content (AvgIpc) is 2.41. The molecule has 96 valence electrons. The van der Waals surface area contributed by atoms with Crippen LogP contribution in [0, 0.1) is 32.1 Å². The van der Waals surface area contributed by atoms with Gasteiger partial charge in [0.15, 0.2) is 0 Å². The van der Waals surface area contributed by atoms with Crippen LogP contribution >= 0.6 is 0 Å². The van der Waals surface area contributed by atoms with E-state index in [1.54, 1.807) is 6.07 Å². The molecule has 2 aromatic rings. The zero-order valence-corrected chi connectivity index (χ0v) is 11.2. The van der Waals surface area contributed by atoms with Crippen LogP contribution in [0.3, 0.4) is 0 Å². The summed E-state index contributed by atoms with van der Waals surface area (Å²) < 4.78 is 5.81. The summed E-state index contributed by atoms with van der Waals surface area (Å²) >= 11 is 0. The Labute approximate surface area is 112 Å². The van der Waals surface area contributed by atoms with Crippen LogP contribution in [0.15, 0.2) is 24.4 Å². The van der Waals surface area contributed by atoms with Crippen molar-refractivity contribution in [2.45, 2.75) is 20.8 Å². The Kier molecular flexibility index (Phi) is 3.39. The van der Waals surface area contributed by atoms with Gasteiger partial charge in [0.2, 0.25) is 5.88 Å². The van der Waals surface area contributed by atoms with E-state index in [9.17, 15) is 0 Å². The third-order valence-corrected chi connectivity index (χ3v) is 3.15. The summed E-state index contributed by atoms with van der Waals surface area (Å²) in [6.07, 6.45) is 1.52. The monoisotopic (exact) mass is 253 g/mol. The lowest BCUT2D eigenvalue weighted by Crippen LogP contribution is -2.00. The first-order valence-corrected chi connectivity index (χ1v) is 5.94. The van der Waals surface area contributed by atoms with Gasteiger partial charge in [0.1, 0.15) is 17.5 Å². The smallest absolute Gasteiger partial charge is 0.244 e. The van der Waals surface area contributed by atoms with Gasteiger partial charge in [-0.1, -0.05) is 12.1 Å². The lowest BCUT2D eigenvalue weighted by Gasteiger charge is -2.14. The second kappa shape index (κ2) is 4.99. The first-order chi connectivity index (χ1) is 9.04. The molecule has 4 heteroatoms. The highest BCUT2D eigenvalue weighted by Gasteiger charge is 2.12. The Hall–Kier alpha value is -2.54. The molecule has 0 saturated carbocycles. The van der Waals surface area contributed by atoms with Gasteiger partial charge in [-0.05, 0) is 43.5 Å². The Morgan fingerprint density at radius 1 is 1.16 bits per heavy atom.